The number of thiophene rings is 1. The van der Waals surface area contributed by atoms with Crippen LogP contribution in [0.1, 0.15) is 22.8 Å². The Hall–Kier alpha value is -1.63. The maximum Gasteiger partial charge on any atom is 0.251 e. The highest BCUT2D eigenvalue weighted by molar-refractivity contribution is 7.07. The molecular weight excluding hydrogens is 296 g/mol. The normalized spacial score (nSPS) is 11.9. The molecule has 20 heavy (non-hydrogen) atoms. The zero-order valence-corrected chi connectivity index (χ0v) is 12.5. The Kier molecular flexibility index (Phi) is 4.94. The Bertz CT molecular complexity index is 588. The molecule has 7 heteroatoms. The number of amides is 1. The molecule has 0 aromatic carbocycles. The van der Waals surface area contributed by atoms with Gasteiger partial charge in [-0.1, -0.05) is 11.6 Å². The van der Waals surface area contributed by atoms with E-state index in [0.717, 1.165) is 6.42 Å². The largest absolute Gasteiger partial charge is 0.349 e. The van der Waals surface area contributed by atoms with Crippen LogP contribution in [0.5, 0.6) is 0 Å². The summed E-state index contributed by atoms with van der Waals surface area (Å²) < 4.78 is 0. The van der Waals surface area contributed by atoms with E-state index in [1.165, 1.54) is 11.6 Å². The number of nitrogens with zero attached hydrogens (tertiary/aromatic N) is 1. The second kappa shape index (κ2) is 6.69. The first-order chi connectivity index (χ1) is 9.58. The van der Waals surface area contributed by atoms with E-state index in [9.17, 15) is 4.79 Å². The van der Waals surface area contributed by atoms with E-state index in [2.05, 4.69) is 21.1 Å². The smallest absolute Gasteiger partial charge is 0.251 e. The molecule has 0 bridgehead atoms. The van der Waals surface area contributed by atoms with Crippen LogP contribution in [-0.4, -0.2) is 16.9 Å². The number of aromatic nitrogens is 1. The lowest BCUT2D eigenvalue weighted by Crippen LogP contribution is -2.34. The molecular formula is C13H15ClN4OS. The van der Waals surface area contributed by atoms with Gasteiger partial charge < -0.3 is 10.7 Å². The molecule has 0 aliphatic rings. The quantitative estimate of drug-likeness (QED) is 0.450. The van der Waals surface area contributed by atoms with Crippen molar-refractivity contribution >= 4 is 34.7 Å². The lowest BCUT2D eigenvalue weighted by Gasteiger charge is -2.13. The van der Waals surface area contributed by atoms with E-state index in [1.807, 2.05) is 18.4 Å². The summed E-state index contributed by atoms with van der Waals surface area (Å²) in [5.41, 5.74) is 4.01. The van der Waals surface area contributed by atoms with Crippen molar-refractivity contribution in [3.8, 4) is 0 Å². The SMILES string of the molecule is CC(Cc1ccsc1)NC(=O)c1cc(Cl)nc(NN)c1. The summed E-state index contributed by atoms with van der Waals surface area (Å²) in [7, 11) is 0. The number of hydrogen-bond acceptors (Lipinski definition) is 5. The Morgan fingerprint density at radius 1 is 1.55 bits per heavy atom. The highest BCUT2D eigenvalue weighted by Gasteiger charge is 2.12. The minimum atomic E-state index is -0.200. The highest BCUT2D eigenvalue weighted by atomic mass is 35.5. The minimum Gasteiger partial charge on any atom is -0.349 e. The zero-order chi connectivity index (χ0) is 14.5. The van der Waals surface area contributed by atoms with Gasteiger partial charge >= 0.3 is 0 Å². The number of halogens is 1. The van der Waals surface area contributed by atoms with Crippen molar-refractivity contribution in [2.45, 2.75) is 19.4 Å². The Morgan fingerprint density at radius 3 is 3.00 bits per heavy atom. The van der Waals surface area contributed by atoms with Crippen LogP contribution < -0.4 is 16.6 Å². The average molecular weight is 311 g/mol. The molecule has 0 spiro atoms. The van der Waals surface area contributed by atoms with Crippen LogP contribution in [0.4, 0.5) is 5.82 Å². The van der Waals surface area contributed by atoms with Gasteiger partial charge in [-0.25, -0.2) is 10.8 Å². The lowest BCUT2D eigenvalue weighted by atomic mass is 10.1. The third-order valence-corrected chi connectivity index (χ3v) is 3.63. The van der Waals surface area contributed by atoms with Crippen LogP contribution in [0.25, 0.3) is 0 Å². The summed E-state index contributed by atoms with van der Waals surface area (Å²) in [4.78, 5) is 16.1. The van der Waals surface area contributed by atoms with Crippen LogP contribution in [0.3, 0.4) is 0 Å². The van der Waals surface area contributed by atoms with Gasteiger partial charge in [-0.3, -0.25) is 4.79 Å². The molecule has 0 radical (unpaired) electrons. The predicted molar refractivity (Wildman–Crippen MR) is 82.0 cm³/mol. The zero-order valence-electron chi connectivity index (χ0n) is 10.9. The number of hydrogen-bond donors (Lipinski definition) is 3. The first kappa shape index (κ1) is 14.8. The van der Waals surface area contributed by atoms with Gasteiger partial charge in [-0.05, 0) is 47.9 Å². The number of anilines is 1. The molecule has 1 amide bonds. The molecule has 106 valence electrons. The summed E-state index contributed by atoms with van der Waals surface area (Å²) in [6.45, 7) is 1.96. The third-order valence-electron chi connectivity index (χ3n) is 2.70. The summed E-state index contributed by atoms with van der Waals surface area (Å²) in [5, 5.41) is 7.23. The van der Waals surface area contributed by atoms with Gasteiger partial charge in [-0.2, -0.15) is 11.3 Å². The van der Waals surface area contributed by atoms with E-state index in [1.54, 1.807) is 17.4 Å². The van der Waals surface area contributed by atoms with Crippen LogP contribution in [0.15, 0.2) is 29.0 Å². The second-order valence-corrected chi connectivity index (χ2v) is 5.59. The van der Waals surface area contributed by atoms with Gasteiger partial charge in [0.2, 0.25) is 0 Å². The topological polar surface area (TPSA) is 80.0 Å². The van der Waals surface area contributed by atoms with Crippen LogP contribution in [0, 0.1) is 0 Å². The molecule has 2 aromatic heterocycles. The number of nitrogen functional groups attached to an aromatic ring is 1. The van der Waals surface area contributed by atoms with E-state index in [0.29, 0.717) is 11.4 Å². The third kappa shape index (κ3) is 3.93. The fraction of sp³-hybridized carbons (Fsp3) is 0.231. The molecule has 0 aliphatic carbocycles. The van der Waals surface area contributed by atoms with Crippen molar-refractivity contribution in [1.82, 2.24) is 10.3 Å². The molecule has 2 heterocycles. The maximum absolute atomic E-state index is 12.1. The first-order valence-corrected chi connectivity index (χ1v) is 7.36. The molecule has 5 nitrogen and oxygen atoms in total. The first-order valence-electron chi connectivity index (χ1n) is 6.04. The lowest BCUT2D eigenvalue weighted by molar-refractivity contribution is 0.0940. The number of carbonyl (C=O) groups excluding carboxylic acids is 1. The van der Waals surface area contributed by atoms with Crippen molar-refractivity contribution in [3.05, 3.63) is 45.2 Å². The number of carbonyl (C=O) groups is 1. The van der Waals surface area contributed by atoms with Gasteiger partial charge in [0.1, 0.15) is 11.0 Å². The Labute approximate surface area is 126 Å². The van der Waals surface area contributed by atoms with Gasteiger partial charge in [0.05, 0.1) is 0 Å². The minimum absolute atomic E-state index is 0.0262. The molecule has 0 saturated carbocycles. The highest BCUT2D eigenvalue weighted by Crippen LogP contribution is 2.14. The second-order valence-electron chi connectivity index (χ2n) is 4.42. The van der Waals surface area contributed by atoms with E-state index < -0.39 is 0 Å². The summed E-state index contributed by atoms with van der Waals surface area (Å²) in [5.74, 6) is 5.43. The molecule has 2 rings (SSSR count). The Balaban J connectivity index is 2.02. The fourth-order valence-corrected chi connectivity index (χ4v) is 2.71. The van der Waals surface area contributed by atoms with Gasteiger partial charge in [0.25, 0.3) is 5.91 Å². The van der Waals surface area contributed by atoms with Crippen molar-refractivity contribution in [2.24, 2.45) is 5.84 Å². The molecule has 2 aromatic rings. The van der Waals surface area contributed by atoms with Crippen LogP contribution in [0.2, 0.25) is 5.15 Å². The van der Waals surface area contributed by atoms with E-state index in [4.69, 9.17) is 17.4 Å². The predicted octanol–water partition coefficient (Wildman–Crippen LogP) is 2.44. The van der Waals surface area contributed by atoms with Gasteiger partial charge in [0.15, 0.2) is 0 Å². The van der Waals surface area contributed by atoms with Crippen molar-refractivity contribution < 1.29 is 4.79 Å². The molecule has 1 unspecified atom stereocenters. The van der Waals surface area contributed by atoms with Crippen LogP contribution >= 0.6 is 22.9 Å². The number of rotatable bonds is 5. The fourth-order valence-electron chi connectivity index (χ4n) is 1.82. The van der Waals surface area contributed by atoms with E-state index in [-0.39, 0.29) is 17.1 Å². The average Bonchev–Trinajstić information content (AvgIpc) is 2.90. The summed E-state index contributed by atoms with van der Waals surface area (Å²) in [6, 6.07) is 5.14. The van der Waals surface area contributed by atoms with Crippen molar-refractivity contribution in [3.63, 3.8) is 0 Å². The van der Waals surface area contributed by atoms with Crippen molar-refractivity contribution in [1.29, 1.82) is 0 Å². The standard InChI is InChI=1S/C13H15ClN4OS/c1-8(4-9-2-3-20-7-9)16-13(19)10-5-11(14)17-12(6-10)18-15/h2-3,5-8H,4,15H2,1H3,(H,16,19)(H,17,18). The van der Waals surface area contributed by atoms with Crippen LogP contribution in [-0.2, 0) is 6.42 Å². The van der Waals surface area contributed by atoms with Gasteiger partial charge in [-0.15, -0.1) is 0 Å². The summed E-state index contributed by atoms with van der Waals surface area (Å²) >= 11 is 7.48. The molecule has 4 N–H and O–H groups in total. The molecule has 0 aliphatic heterocycles. The summed E-state index contributed by atoms with van der Waals surface area (Å²) in [6.07, 6.45) is 0.788. The number of hydrazine groups is 1. The monoisotopic (exact) mass is 310 g/mol. The molecule has 1 atom stereocenters. The molecule has 0 fully saturated rings. The number of nitrogens with two attached hydrogens (primary N) is 1. The number of pyridine rings is 1. The Morgan fingerprint density at radius 2 is 2.35 bits per heavy atom. The maximum atomic E-state index is 12.1. The molecule has 0 saturated heterocycles. The van der Waals surface area contributed by atoms with E-state index >= 15 is 0 Å². The van der Waals surface area contributed by atoms with Crippen molar-refractivity contribution in [2.75, 3.05) is 5.43 Å². The van der Waals surface area contributed by atoms with Gasteiger partial charge in [0, 0.05) is 11.6 Å². The number of nitrogens with one attached hydrogen (secondary N) is 2.